The van der Waals surface area contributed by atoms with E-state index in [0.717, 1.165) is 25.0 Å². The maximum absolute atomic E-state index is 5.88. The first-order valence-electron chi connectivity index (χ1n) is 8.66. The van der Waals surface area contributed by atoms with Crippen molar-refractivity contribution in [1.82, 2.24) is 10.2 Å². The van der Waals surface area contributed by atoms with E-state index in [1.807, 2.05) is 0 Å². The molecule has 4 atom stereocenters. The summed E-state index contributed by atoms with van der Waals surface area (Å²) in [5.74, 6) is 1.53. The molecule has 3 fully saturated rings. The summed E-state index contributed by atoms with van der Waals surface area (Å²) in [6.07, 6.45) is 6.00. The van der Waals surface area contributed by atoms with Crippen LogP contribution in [0.2, 0.25) is 0 Å². The molecule has 2 aliphatic heterocycles. The van der Waals surface area contributed by atoms with Crippen LogP contribution in [0.1, 0.15) is 46.5 Å². The summed E-state index contributed by atoms with van der Waals surface area (Å²) in [7, 11) is 0. The Morgan fingerprint density at radius 3 is 2.75 bits per heavy atom. The van der Waals surface area contributed by atoms with Crippen LogP contribution in [0.15, 0.2) is 0 Å². The molecular formula is C17H32N2O. The second-order valence-corrected chi connectivity index (χ2v) is 7.92. The minimum absolute atomic E-state index is 0.325. The van der Waals surface area contributed by atoms with Gasteiger partial charge in [0.2, 0.25) is 0 Å². The number of hydrogen-bond acceptors (Lipinski definition) is 3. The monoisotopic (exact) mass is 280 g/mol. The highest BCUT2D eigenvalue weighted by Crippen LogP contribution is 2.52. The summed E-state index contributed by atoms with van der Waals surface area (Å²) in [5.41, 5.74) is 0.325. The topological polar surface area (TPSA) is 24.5 Å². The van der Waals surface area contributed by atoms with E-state index in [1.165, 1.54) is 45.3 Å². The highest BCUT2D eigenvalue weighted by atomic mass is 16.5. The van der Waals surface area contributed by atoms with Crippen LogP contribution >= 0.6 is 0 Å². The molecule has 0 aromatic rings. The number of hydrogen-bond donors (Lipinski definition) is 1. The van der Waals surface area contributed by atoms with Gasteiger partial charge in [-0.05, 0) is 44.8 Å². The molecule has 2 heterocycles. The highest BCUT2D eigenvalue weighted by molar-refractivity contribution is 5.11. The third-order valence-electron chi connectivity index (χ3n) is 5.81. The van der Waals surface area contributed by atoms with Crippen molar-refractivity contribution in [3.05, 3.63) is 0 Å². The first kappa shape index (κ1) is 14.8. The van der Waals surface area contributed by atoms with E-state index in [9.17, 15) is 0 Å². The average molecular weight is 280 g/mol. The van der Waals surface area contributed by atoms with Crippen LogP contribution < -0.4 is 5.32 Å². The van der Waals surface area contributed by atoms with E-state index >= 15 is 0 Å². The van der Waals surface area contributed by atoms with E-state index in [1.54, 1.807) is 0 Å². The summed E-state index contributed by atoms with van der Waals surface area (Å²) in [4.78, 5) is 2.66. The van der Waals surface area contributed by atoms with Crippen LogP contribution in [-0.4, -0.2) is 49.8 Å². The van der Waals surface area contributed by atoms with E-state index in [0.29, 0.717) is 17.6 Å². The maximum atomic E-state index is 5.88. The predicted molar refractivity (Wildman–Crippen MR) is 82.9 cm³/mol. The molecule has 3 aliphatic rings. The molecule has 0 bridgehead atoms. The fraction of sp³-hybridized carbons (Fsp3) is 1.00. The lowest BCUT2D eigenvalue weighted by molar-refractivity contribution is -0.113. The van der Waals surface area contributed by atoms with Gasteiger partial charge in [-0.25, -0.2) is 0 Å². The molecule has 3 nitrogen and oxygen atoms in total. The molecule has 1 aliphatic carbocycles. The summed E-state index contributed by atoms with van der Waals surface area (Å²) < 4.78 is 5.88. The van der Waals surface area contributed by atoms with Crippen molar-refractivity contribution >= 4 is 0 Å². The van der Waals surface area contributed by atoms with Crippen molar-refractivity contribution in [2.75, 3.05) is 32.8 Å². The minimum atomic E-state index is 0.325. The van der Waals surface area contributed by atoms with Gasteiger partial charge in [-0.15, -0.1) is 0 Å². The highest BCUT2D eigenvalue weighted by Gasteiger charge is 2.58. The van der Waals surface area contributed by atoms with Gasteiger partial charge in [0.05, 0.1) is 6.10 Å². The van der Waals surface area contributed by atoms with Gasteiger partial charge in [-0.2, -0.15) is 0 Å². The Balaban J connectivity index is 1.42. The van der Waals surface area contributed by atoms with Gasteiger partial charge in [0, 0.05) is 30.5 Å². The number of piperidine rings is 1. The Hall–Kier alpha value is -0.120. The first-order valence-corrected chi connectivity index (χ1v) is 8.66. The Kier molecular flexibility index (Phi) is 4.40. The van der Waals surface area contributed by atoms with Crippen molar-refractivity contribution in [2.24, 2.45) is 17.3 Å². The summed E-state index contributed by atoms with van der Waals surface area (Å²) in [6, 6.07) is 0.666. The molecule has 1 N–H and O–H groups in total. The lowest BCUT2D eigenvalue weighted by atomic mass is 9.57. The van der Waals surface area contributed by atoms with Gasteiger partial charge in [-0.3, -0.25) is 0 Å². The zero-order valence-corrected chi connectivity index (χ0v) is 13.5. The van der Waals surface area contributed by atoms with Crippen molar-refractivity contribution < 1.29 is 4.74 Å². The molecule has 0 aromatic heterocycles. The number of rotatable bonds is 5. The summed E-state index contributed by atoms with van der Waals surface area (Å²) in [5, 5.41) is 3.86. The van der Waals surface area contributed by atoms with Crippen LogP contribution in [0.5, 0.6) is 0 Å². The van der Waals surface area contributed by atoms with Gasteiger partial charge in [0.15, 0.2) is 0 Å². The van der Waals surface area contributed by atoms with Crippen molar-refractivity contribution in [3.8, 4) is 0 Å². The quantitative estimate of drug-likeness (QED) is 0.837. The summed E-state index contributed by atoms with van der Waals surface area (Å²) in [6.45, 7) is 13.2. The van der Waals surface area contributed by atoms with Crippen LogP contribution in [-0.2, 0) is 4.74 Å². The molecule has 116 valence electrons. The number of likely N-dealkylation sites (tertiary alicyclic amines) is 1. The SMILES string of the molecule is CC(CNC1C2CCOC2C1(C)C)CN1CCCCC1. The molecule has 20 heavy (non-hydrogen) atoms. The number of nitrogens with zero attached hydrogens (tertiary/aromatic N) is 1. The first-order chi connectivity index (χ1) is 9.59. The van der Waals surface area contributed by atoms with Gasteiger partial charge >= 0.3 is 0 Å². The zero-order chi connectivity index (χ0) is 14.2. The predicted octanol–water partition coefficient (Wildman–Crippen LogP) is 2.51. The molecule has 0 spiro atoms. The molecule has 1 saturated carbocycles. The second-order valence-electron chi connectivity index (χ2n) is 7.92. The average Bonchev–Trinajstić information content (AvgIpc) is 2.86. The number of fused-ring (bicyclic) bond motifs is 1. The van der Waals surface area contributed by atoms with E-state index in [4.69, 9.17) is 4.74 Å². The number of ether oxygens (including phenoxy) is 1. The Morgan fingerprint density at radius 2 is 2.00 bits per heavy atom. The normalized spacial score (nSPS) is 38.2. The summed E-state index contributed by atoms with van der Waals surface area (Å²) >= 11 is 0. The molecule has 2 saturated heterocycles. The van der Waals surface area contributed by atoms with Gasteiger partial charge in [0.1, 0.15) is 0 Å². The van der Waals surface area contributed by atoms with Crippen LogP contribution in [0.25, 0.3) is 0 Å². The van der Waals surface area contributed by atoms with Gasteiger partial charge in [-0.1, -0.05) is 27.2 Å². The third kappa shape index (κ3) is 2.77. The lowest BCUT2D eigenvalue weighted by Crippen LogP contribution is -2.66. The van der Waals surface area contributed by atoms with E-state index in [-0.39, 0.29) is 0 Å². The molecule has 3 heteroatoms. The smallest absolute Gasteiger partial charge is 0.0685 e. The van der Waals surface area contributed by atoms with Crippen molar-refractivity contribution in [2.45, 2.75) is 58.6 Å². The van der Waals surface area contributed by atoms with E-state index in [2.05, 4.69) is 31.0 Å². The molecule has 0 amide bonds. The second kappa shape index (κ2) is 5.94. The zero-order valence-electron chi connectivity index (χ0n) is 13.5. The lowest BCUT2D eigenvalue weighted by Gasteiger charge is -2.55. The van der Waals surface area contributed by atoms with Gasteiger partial charge in [0.25, 0.3) is 0 Å². The number of nitrogens with one attached hydrogen (secondary N) is 1. The van der Waals surface area contributed by atoms with E-state index < -0.39 is 0 Å². The Bertz CT molecular complexity index is 325. The molecule has 0 aromatic carbocycles. The minimum Gasteiger partial charge on any atom is -0.377 e. The van der Waals surface area contributed by atoms with Gasteiger partial charge < -0.3 is 15.0 Å². The maximum Gasteiger partial charge on any atom is 0.0685 e. The van der Waals surface area contributed by atoms with Crippen LogP contribution in [0.3, 0.4) is 0 Å². The standard InChI is InChI=1S/C17H32N2O/c1-13(12-19-8-5-4-6-9-19)11-18-15-14-7-10-20-16(14)17(15,2)3/h13-16,18H,4-12H2,1-3H3. The fourth-order valence-corrected chi connectivity index (χ4v) is 4.71. The molecule has 4 unspecified atom stereocenters. The fourth-order valence-electron chi connectivity index (χ4n) is 4.71. The van der Waals surface area contributed by atoms with Crippen molar-refractivity contribution in [3.63, 3.8) is 0 Å². The largest absolute Gasteiger partial charge is 0.377 e. The molecule has 3 rings (SSSR count). The van der Waals surface area contributed by atoms with Crippen LogP contribution in [0.4, 0.5) is 0 Å². The Labute approximate surface area is 124 Å². The Morgan fingerprint density at radius 1 is 1.25 bits per heavy atom. The third-order valence-corrected chi connectivity index (χ3v) is 5.81. The molecular weight excluding hydrogens is 248 g/mol. The van der Waals surface area contributed by atoms with Crippen LogP contribution in [0, 0.1) is 17.3 Å². The van der Waals surface area contributed by atoms with Crippen molar-refractivity contribution in [1.29, 1.82) is 0 Å². The molecule has 0 radical (unpaired) electrons.